The quantitative estimate of drug-likeness (QED) is 0.241. The smallest absolute Gasteiger partial charge is 0.136 e. The Hall–Kier alpha value is -4.53. The molecule has 37 heavy (non-hydrogen) atoms. The van der Waals surface area contributed by atoms with Gasteiger partial charge < -0.3 is 9.32 Å². The summed E-state index contributed by atoms with van der Waals surface area (Å²) in [5, 5.41) is 5.22. The fourth-order valence-corrected chi connectivity index (χ4v) is 5.24. The molecule has 0 aliphatic carbocycles. The van der Waals surface area contributed by atoms with Gasteiger partial charge in [0.1, 0.15) is 11.2 Å². The van der Waals surface area contributed by atoms with E-state index in [9.17, 15) is 0 Å². The first-order valence-corrected chi connectivity index (χ1v) is 12.7. The van der Waals surface area contributed by atoms with Gasteiger partial charge in [-0.15, -0.1) is 0 Å². The minimum absolute atomic E-state index is 0.670. The molecule has 3 heteroatoms. The molecule has 0 N–H and O–H groups in total. The normalized spacial score (nSPS) is 11.4. The average Bonchev–Trinajstić information content (AvgIpc) is 3.31. The second kappa shape index (κ2) is 8.85. The largest absolute Gasteiger partial charge is 0.456 e. The molecule has 7 aromatic rings. The molecule has 0 amide bonds. The Morgan fingerprint density at radius 3 is 1.97 bits per heavy atom. The molecular formula is C34H22ClNO. The highest BCUT2D eigenvalue weighted by atomic mass is 35.5. The summed E-state index contributed by atoms with van der Waals surface area (Å²) >= 11 is 6.22. The van der Waals surface area contributed by atoms with Crippen LogP contribution in [0.2, 0.25) is 5.02 Å². The molecule has 0 saturated carbocycles. The summed E-state index contributed by atoms with van der Waals surface area (Å²) in [4.78, 5) is 2.30. The van der Waals surface area contributed by atoms with Crippen molar-refractivity contribution in [3.8, 4) is 11.1 Å². The molecule has 0 unspecified atom stereocenters. The lowest BCUT2D eigenvalue weighted by molar-refractivity contribution is 0.669. The Kier molecular flexibility index (Phi) is 5.20. The van der Waals surface area contributed by atoms with E-state index in [4.69, 9.17) is 16.0 Å². The third kappa shape index (κ3) is 3.92. The Bertz CT molecular complexity index is 1890. The highest BCUT2D eigenvalue weighted by Crippen LogP contribution is 2.40. The molecule has 0 aliphatic rings. The van der Waals surface area contributed by atoms with Crippen molar-refractivity contribution in [2.75, 3.05) is 4.90 Å². The maximum Gasteiger partial charge on any atom is 0.136 e. The fraction of sp³-hybridized carbons (Fsp3) is 0. The molecule has 0 bridgehead atoms. The summed E-state index contributed by atoms with van der Waals surface area (Å²) in [7, 11) is 0. The molecule has 176 valence electrons. The van der Waals surface area contributed by atoms with E-state index in [-0.39, 0.29) is 0 Å². The molecule has 1 aromatic heterocycles. The lowest BCUT2D eigenvalue weighted by Crippen LogP contribution is -2.09. The summed E-state index contributed by atoms with van der Waals surface area (Å²) < 4.78 is 6.10. The van der Waals surface area contributed by atoms with Gasteiger partial charge in [0.2, 0.25) is 0 Å². The van der Waals surface area contributed by atoms with Gasteiger partial charge in [0.05, 0.1) is 0 Å². The predicted molar refractivity (Wildman–Crippen MR) is 156 cm³/mol. The van der Waals surface area contributed by atoms with Gasteiger partial charge in [-0.3, -0.25) is 0 Å². The zero-order chi connectivity index (χ0) is 24.8. The van der Waals surface area contributed by atoms with Crippen LogP contribution in [0.1, 0.15) is 0 Å². The van der Waals surface area contributed by atoms with E-state index >= 15 is 0 Å². The van der Waals surface area contributed by atoms with Crippen LogP contribution >= 0.6 is 11.6 Å². The van der Waals surface area contributed by atoms with Gasteiger partial charge in [-0.25, -0.2) is 0 Å². The number of rotatable bonds is 4. The van der Waals surface area contributed by atoms with Crippen molar-refractivity contribution < 1.29 is 4.42 Å². The zero-order valence-corrected chi connectivity index (χ0v) is 20.7. The monoisotopic (exact) mass is 495 g/mol. The first kappa shape index (κ1) is 21.7. The van der Waals surface area contributed by atoms with Crippen LogP contribution in [0.4, 0.5) is 17.1 Å². The minimum atomic E-state index is 0.670. The average molecular weight is 496 g/mol. The van der Waals surface area contributed by atoms with Crippen LogP contribution in [0.5, 0.6) is 0 Å². The molecular weight excluding hydrogens is 474 g/mol. The Morgan fingerprint density at radius 1 is 0.459 bits per heavy atom. The van der Waals surface area contributed by atoms with Crippen molar-refractivity contribution in [3.63, 3.8) is 0 Å². The maximum absolute atomic E-state index is 6.22. The fourth-order valence-electron chi connectivity index (χ4n) is 5.07. The summed E-state index contributed by atoms with van der Waals surface area (Å²) in [6.07, 6.45) is 0. The zero-order valence-electron chi connectivity index (χ0n) is 19.9. The molecule has 0 aliphatic heterocycles. The number of anilines is 3. The van der Waals surface area contributed by atoms with Gasteiger partial charge in [-0.1, -0.05) is 84.4 Å². The van der Waals surface area contributed by atoms with Gasteiger partial charge in [0.15, 0.2) is 0 Å². The second-order valence-electron chi connectivity index (χ2n) is 9.20. The van der Waals surface area contributed by atoms with E-state index in [0.29, 0.717) is 5.02 Å². The van der Waals surface area contributed by atoms with Crippen molar-refractivity contribution in [1.29, 1.82) is 0 Å². The summed E-state index contributed by atoms with van der Waals surface area (Å²) in [6.45, 7) is 0. The Balaban J connectivity index is 1.41. The third-order valence-electron chi connectivity index (χ3n) is 6.90. The number of fused-ring (bicyclic) bond motifs is 4. The topological polar surface area (TPSA) is 16.4 Å². The predicted octanol–water partition coefficient (Wildman–Crippen LogP) is 10.5. The second-order valence-corrected chi connectivity index (χ2v) is 9.64. The third-order valence-corrected chi connectivity index (χ3v) is 7.13. The Morgan fingerprint density at radius 2 is 1.14 bits per heavy atom. The van der Waals surface area contributed by atoms with Gasteiger partial charge in [-0.2, -0.15) is 0 Å². The SMILES string of the molecule is Clc1ccc2c(c1)oc1ccc(N(c3ccc(-c4ccccc4)cc3)c3ccc4ccccc4c3)cc12. The van der Waals surface area contributed by atoms with Crippen LogP contribution < -0.4 is 4.90 Å². The van der Waals surface area contributed by atoms with Gasteiger partial charge in [-0.05, 0) is 76.5 Å². The number of hydrogen-bond acceptors (Lipinski definition) is 2. The molecule has 0 atom stereocenters. The van der Waals surface area contributed by atoms with E-state index in [2.05, 4.69) is 108 Å². The summed E-state index contributed by atoms with van der Waals surface area (Å²) in [5.41, 5.74) is 7.29. The molecule has 2 nitrogen and oxygen atoms in total. The van der Waals surface area contributed by atoms with Crippen LogP contribution in [0.15, 0.2) is 138 Å². The van der Waals surface area contributed by atoms with E-state index in [1.54, 1.807) is 0 Å². The van der Waals surface area contributed by atoms with Crippen LogP contribution in [0.25, 0.3) is 43.8 Å². The molecule has 7 rings (SSSR count). The van der Waals surface area contributed by atoms with Crippen molar-refractivity contribution in [1.82, 2.24) is 0 Å². The van der Waals surface area contributed by atoms with Crippen LogP contribution in [-0.4, -0.2) is 0 Å². The van der Waals surface area contributed by atoms with Crippen LogP contribution in [0.3, 0.4) is 0 Å². The molecule has 0 radical (unpaired) electrons. The number of furan rings is 1. The van der Waals surface area contributed by atoms with Crippen LogP contribution in [-0.2, 0) is 0 Å². The highest BCUT2D eigenvalue weighted by Gasteiger charge is 2.16. The van der Waals surface area contributed by atoms with E-state index in [1.165, 1.54) is 21.9 Å². The summed E-state index contributed by atoms with van der Waals surface area (Å²) in [6, 6.07) is 46.5. The van der Waals surface area contributed by atoms with Crippen molar-refractivity contribution in [3.05, 3.63) is 138 Å². The number of hydrogen-bond donors (Lipinski definition) is 0. The Labute approximate surface area is 220 Å². The summed E-state index contributed by atoms with van der Waals surface area (Å²) in [5.74, 6) is 0. The lowest BCUT2D eigenvalue weighted by Gasteiger charge is -2.26. The molecule has 0 fully saturated rings. The number of halogens is 1. The minimum Gasteiger partial charge on any atom is -0.456 e. The first-order valence-electron chi connectivity index (χ1n) is 12.3. The van der Waals surface area contributed by atoms with Crippen molar-refractivity contribution in [2.45, 2.75) is 0 Å². The van der Waals surface area contributed by atoms with Crippen LogP contribution in [0, 0.1) is 0 Å². The number of benzene rings is 6. The van der Waals surface area contributed by atoms with E-state index in [0.717, 1.165) is 39.0 Å². The molecule has 1 heterocycles. The maximum atomic E-state index is 6.22. The molecule has 0 saturated heterocycles. The first-order chi connectivity index (χ1) is 18.2. The van der Waals surface area contributed by atoms with Gasteiger partial charge in [0.25, 0.3) is 0 Å². The standard InChI is InChI=1S/C34H22ClNO/c35-27-13-18-31-32-22-30(17-19-33(32)37-34(31)21-27)36(29-16-12-24-8-4-5-9-26(24)20-29)28-14-10-25(11-15-28)23-6-2-1-3-7-23/h1-22H. The molecule has 6 aromatic carbocycles. The molecule has 0 spiro atoms. The van der Waals surface area contributed by atoms with Crippen molar-refractivity contribution in [2.24, 2.45) is 0 Å². The van der Waals surface area contributed by atoms with E-state index < -0.39 is 0 Å². The highest BCUT2D eigenvalue weighted by molar-refractivity contribution is 6.31. The van der Waals surface area contributed by atoms with E-state index in [1.807, 2.05) is 30.3 Å². The van der Waals surface area contributed by atoms with Crippen molar-refractivity contribution >= 4 is 61.4 Å². The lowest BCUT2D eigenvalue weighted by atomic mass is 10.0. The van der Waals surface area contributed by atoms with Gasteiger partial charge >= 0.3 is 0 Å². The van der Waals surface area contributed by atoms with Gasteiger partial charge in [0, 0.05) is 38.9 Å². The number of nitrogens with zero attached hydrogens (tertiary/aromatic N) is 1.